The van der Waals surface area contributed by atoms with E-state index in [1.54, 1.807) is 7.05 Å². The van der Waals surface area contributed by atoms with Crippen LogP contribution in [0.2, 0.25) is 0 Å². The van der Waals surface area contributed by atoms with Gasteiger partial charge in [-0.3, -0.25) is 18.8 Å². The van der Waals surface area contributed by atoms with E-state index in [4.69, 9.17) is 4.74 Å². The highest BCUT2D eigenvalue weighted by atomic mass is 16.5. The van der Waals surface area contributed by atoms with Gasteiger partial charge in [-0.1, -0.05) is 0 Å². The molecule has 0 aromatic carbocycles. The highest BCUT2D eigenvalue weighted by Crippen LogP contribution is 2.24. The summed E-state index contributed by atoms with van der Waals surface area (Å²) in [6.07, 6.45) is 1.98. The van der Waals surface area contributed by atoms with Crippen molar-refractivity contribution in [3.8, 4) is 6.07 Å². The third-order valence-electron chi connectivity index (χ3n) is 5.28. The first-order valence-corrected chi connectivity index (χ1v) is 8.78. The van der Waals surface area contributed by atoms with Gasteiger partial charge >= 0.3 is 5.69 Å². The molecule has 2 saturated heterocycles. The van der Waals surface area contributed by atoms with Crippen LogP contribution in [-0.2, 0) is 18.8 Å². The molecule has 0 atom stereocenters. The molecule has 0 bridgehead atoms. The number of ether oxygens (including phenoxy) is 1. The summed E-state index contributed by atoms with van der Waals surface area (Å²) in [6.45, 7) is 6.16. The molecule has 2 aliphatic heterocycles. The van der Waals surface area contributed by atoms with Crippen LogP contribution in [0.5, 0.6) is 0 Å². The average molecular weight is 347 g/mol. The number of aromatic nitrogens is 2. The van der Waals surface area contributed by atoms with Crippen LogP contribution in [0, 0.1) is 17.2 Å². The summed E-state index contributed by atoms with van der Waals surface area (Å²) >= 11 is 0. The third kappa shape index (κ3) is 3.48. The van der Waals surface area contributed by atoms with Gasteiger partial charge in [0.1, 0.15) is 11.9 Å². The molecule has 3 heterocycles. The smallest absolute Gasteiger partial charge is 0.332 e. The van der Waals surface area contributed by atoms with Gasteiger partial charge in [-0.05, 0) is 18.8 Å². The fourth-order valence-corrected chi connectivity index (χ4v) is 3.78. The molecular weight excluding hydrogens is 322 g/mol. The first-order chi connectivity index (χ1) is 12.0. The summed E-state index contributed by atoms with van der Waals surface area (Å²) in [6, 6.07) is 1.99. The van der Waals surface area contributed by atoms with Gasteiger partial charge in [-0.15, -0.1) is 0 Å². The molecule has 2 fully saturated rings. The van der Waals surface area contributed by atoms with Crippen LogP contribution in [-0.4, -0.2) is 60.0 Å². The summed E-state index contributed by atoms with van der Waals surface area (Å²) in [5.41, 5.74) is -0.860. The Balaban J connectivity index is 1.74. The van der Waals surface area contributed by atoms with E-state index in [1.165, 1.54) is 11.6 Å². The van der Waals surface area contributed by atoms with E-state index < -0.39 is 11.2 Å². The minimum atomic E-state index is -0.518. The van der Waals surface area contributed by atoms with Gasteiger partial charge < -0.3 is 9.64 Å². The van der Waals surface area contributed by atoms with Gasteiger partial charge in [0.2, 0.25) is 0 Å². The van der Waals surface area contributed by atoms with Crippen molar-refractivity contribution in [3.05, 3.63) is 26.4 Å². The number of nitriles is 1. The van der Waals surface area contributed by atoms with Crippen LogP contribution < -0.4 is 16.1 Å². The average Bonchev–Trinajstić information content (AvgIpc) is 2.64. The maximum atomic E-state index is 12.2. The van der Waals surface area contributed by atoms with Crippen LogP contribution in [0.25, 0.3) is 0 Å². The van der Waals surface area contributed by atoms with Crippen molar-refractivity contribution >= 4 is 5.82 Å². The molecule has 0 radical (unpaired) electrons. The van der Waals surface area contributed by atoms with Crippen molar-refractivity contribution in [2.75, 3.05) is 50.8 Å². The van der Waals surface area contributed by atoms with E-state index in [0.717, 1.165) is 63.3 Å². The van der Waals surface area contributed by atoms with Gasteiger partial charge in [0.25, 0.3) is 5.56 Å². The molecule has 8 heteroatoms. The summed E-state index contributed by atoms with van der Waals surface area (Å²) in [4.78, 5) is 28.9. The van der Waals surface area contributed by atoms with E-state index >= 15 is 0 Å². The number of piperidine rings is 1. The molecule has 2 aliphatic rings. The molecule has 1 aromatic heterocycles. The second kappa shape index (κ2) is 7.42. The summed E-state index contributed by atoms with van der Waals surface area (Å²) in [7, 11) is 3.03. The lowest BCUT2D eigenvalue weighted by Crippen LogP contribution is -2.46. The molecule has 0 saturated carbocycles. The minimum Gasteiger partial charge on any atom is -0.379 e. The number of anilines is 1. The minimum absolute atomic E-state index is 0.0521. The summed E-state index contributed by atoms with van der Waals surface area (Å²) in [5.74, 6) is 1.06. The van der Waals surface area contributed by atoms with Crippen LogP contribution in [0.4, 0.5) is 5.82 Å². The third-order valence-corrected chi connectivity index (χ3v) is 5.28. The molecule has 3 rings (SSSR count). The van der Waals surface area contributed by atoms with Crippen LogP contribution in [0.15, 0.2) is 9.59 Å². The molecule has 0 amide bonds. The fourth-order valence-electron chi connectivity index (χ4n) is 3.78. The van der Waals surface area contributed by atoms with Gasteiger partial charge in [0, 0.05) is 46.8 Å². The van der Waals surface area contributed by atoms with Crippen LogP contribution in [0.1, 0.15) is 18.4 Å². The standard InChI is InChI=1S/C17H25N5O3/c1-19-15(14(11-18)16(23)20(2)17(19)24)22-5-3-13(4-6-22)12-21-7-9-25-10-8-21/h13H,3-10,12H2,1-2H3. The van der Waals surface area contributed by atoms with Gasteiger partial charge in [-0.25, -0.2) is 4.79 Å². The molecule has 0 aliphatic carbocycles. The lowest BCUT2D eigenvalue weighted by Gasteiger charge is -2.37. The van der Waals surface area contributed by atoms with Gasteiger partial charge in [0.05, 0.1) is 13.2 Å². The molecule has 0 N–H and O–H groups in total. The molecular formula is C17H25N5O3. The van der Waals surface area contributed by atoms with Crippen molar-refractivity contribution in [1.82, 2.24) is 14.0 Å². The zero-order valence-electron chi connectivity index (χ0n) is 14.9. The Morgan fingerprint density at radius 3 is 2.32 bits per heavy atom. The molecule has 0 unspecified atom stereocenters. The first kappa shape index (κ1) is 17.7. The summed E-state index contributed by atoms with van der Waals surface area (Å²) in [5, 5.41) is 9.41. The zero-order chi connectivity index (χ0) is 18.0. The number of hydrogen-bond donors (Lipinski definition) is 0. The molecule has 136 valence electrons. The highest BCUT2D eigenvalue weighted by molar-refractivity contribution is 5.53. The zero-order valence-corrected chi connectivity index (χ0v) is 14.9. The van der Waals surface area contributed by atoms with Crippen molar-refractivity contribution in [3.63, 3.8) is 0 Å². The van der Waals surface area contributed by atoms with Crippen molar-refractivity contribution in [1.29, 1.82) is 5.26 Å². The lowest BCUT2D eigenvalue weighted by molar-refractivity contribution is 0.0289. The Bertz CT molecular complexity index is 777. The first-order valence-electron chi connectivity index (χ1n) is 8.78. The van der Waals surface area contributed by atoms with E-state index in [0.29, 0.717) is 11.7 Å². The predicted octanol–water partition coefficient (Wildman–Crippen LogP) is -0.496. The van der Waals surface area contributed by atoms with Crippen molar-refractivity contribution in [2.24, 2.45) is 20.0 Å². The van der Waals surface area contributed by atoms with Crippen molar-refractivity contribution < 1.29 is 4.74 Å². The van der Waals surface area contributed by atoms with E-state index in [9.17, 15) is 14.9 Å². The topological polar surface area (TPSA) is 83.5 Å². The molecule has 0 spiro atoms. The Kier molecular flexibility index (Phi) is 5.25. The maximum absolute atomic E-state index is 12.2. The van der Waals surface area contributed by atoms with Gasteiger partial charge in [0.15, 0.2) is 5.56 Å². The second-order valence-electron chi connectivity index (χ2n) is 6.86. The SMILES string of the molecule is Cn1c(N2CCC(CN3CCOCC3)CC2)c(C#N)c(=O)n(C)c1=O. The van der Waals surface area contributed by atoms with Crippen molar-refractivity contribution in [2.45, 2.75) is 12.8 Å². The van der Waals surface area contributed by atoms with E-state index in [-0.39, 0.29) is 5.56 Å². The van der Waals surface area contributed by atoms with Crippen LogP contribution in [0.3, 0.4) is 0 Å². The van der Waals surface area contributed by atoms with E-state index in [1.807, 2.05) is 11.0 Å². The molecule has 1 aromatic rings. The normalized spacial score (nSPS) is 19.8. The Morgan fingerprint density at radius 2 is 1.72 bits per heavy atom. The van der Waals surface area contributed by atoms with Gasteiger partial charge in [-0.2, -0.15) is 5.26 Å². The lowest BCUT2D eigenvalue weighted by atomic mass is 9.95. The maximum Gasteiger partial charge on any atom is 0.332 e. The predicted molar refractivity (Wildman–Crippen MR) is 93.8 cm³/mol. The van der Waals surface area contributed by atoms with E-state index in [2.05, 4.69) is 4.90 Å². The molecule has 25 heavy (non-hydrogen) atoms. The fraction of sp³-hybridized carbons (Fsp3) is 0.706. The number of morpholine rings is 1. The Morgan fingerprint density at radius 1 is 1.08 bits per heavy atom. The number of nitrogens with zero attached hydrogens (tertiary/aromatic N) is 5. The summed E-state index contributed by atoms with van der Waals surface area (Å²) < 4.78 is 7.80. The van der Waals surface area contributed by atoms with Crippen LogP contribution >= 0.6 is 0 Å². The quantitative estimate of drug-likeness (QED) is 0.733. The number of rotatable bonds is 3. The molecule has 8 nitrogen and oxygen atoms in total. The Hall–Kier alpha value is -2.11. The monoisotopic (exact) mass is 347 g/mol. The Labute approximate surface area is 146 Å². The second-order valence-corrected chi connectivity index (χ2v) is 6.86. The highest BCUT2D eigenvalue weighted by Gasteiger charge is 2.27. The number of hydrogen-bond acceptors (Lipinski definition) is 6. The largest absolute Gasteiger partial charge is 0.379 e.